The maximum atomic E-state index is 12.2. The van der Waals surface area contributed by atoms with Crippen molar-refractivity contribution in [2.45, 2.75) is 51.1 Å². The van der Waals surface area contributed by atoms with Crippen LogP contribution in [0.25, 0.3) is 0 Å². The molecule has 4 rings (SSSR count). The molecule has 1 saturated carbocycles. The molecule has 1 aromatic rings. The lowest BCUT2D eigenvalue weighted by Crippen LogP contribution is -2.54. The van der Waals surface area contributed by atoms with Crippen molar-refractivity contribution < 1.29 is 9.90 Å². The second-order valence-corrected chi connectivity index (χ2v) is 7.74. The smallest absolute Gasteiger partial charge is 0.222 e. The summed E-state index contributed by atoms with van der Waals surface area (Å²) in [5.41, 5.74) is 1.47. The summed E-state index contributed by atoms with van der Waals surface area (Å²) in [5.74, 6) is 0.723. The average Bonchev–Trinajstić information content (AvgIpc) is 3.35. The number of phenolic OH excluding ortho intramolecular Hbond substituents is 1. The molecule has 0 radical (unpaired) electrons. The van der Waals surface area contributed by atoms with Crippen molar-refractivity contribution in [3.05, 3.63) is 29.8 Å². The predicted octanol–water partition coefficient (Wildman–Crippen LogP) is 2.76. The number of phenols is 1. The van der Waals surface area contributed by atoms with Crippen LogP contribution in [-0.4, -0.2) is 46.5 Å². The zero-order valence-electron chi connectivity index (χ0n) is 13.7. The highest BCUT2D eigenvalue weighted by Gasteiger charge is 2.45. The van der Waals surface area contributed by atoms with Crippen molar-refractivity contribution in [2.24, 2.45) is 5.41 Å². The van der Waals surface area contributed by atoms with Crippen molar-refractivity contribution >= 4 is 5.91 Å². The molecule has 23 heavy (non-hydrogen) atoms. The van der Waals surface area contributed by atoms with Crippen LogP contribution in [0.3, 0.4) is 0 Å². The van der Waals surface area contributed by atoms with Gasteiger partial charge in [-0.2, -0.15) is 0 Å². The molecule has 0 bridgehead atoms. The van der Waals surface area contributed by atoms with Gasteiger partial charge in [0.2, 0.25) is 5.91 Å². The van der Waals surface area contributed by atoms with Gasteiger partial charge in [0.25, 0.3) is 0 Å². The summed E-state index contributed by atoms with van der Waals surface area (Å²) in [5, 5.41) is 9.65. The lowest BCUT2D eigenvalue weighted by Gasteiger charge is -2.48. The molecule has 2 heterocycles. The first-order valence-electron chi connectivity index (χ1n) is 8.93. The van der Waals surface area contributed by atoms with Crippen LogP contribution in [0.4, 0.5) is 0 Å². The number of carbonyl (C=O) groups is 1. The summed E-state index contributed by atoms with van der Waals surface area (Å²) in [6, 6.07) is 8.13. The summed E-state index contributed by atoms with van der Waals surface area (Å²) in [6.45, 7) is 4.06. The zero-order valence-corrected chi connectivity index (χ0v) is 13.7. The van der Waals surface area contributed by atoms with Gasteiger partial charge in [-0.1, -0.05) is 12.1 Å². The Morgan fingerprint density at radius 1 is 1.22 bits per heavy atom. The number of piperidine rings is 2. The molecule has 1 aromatic carbocycles. The van der Waals surface area contributed by atoms with Crippen LogP contribution < -0.4 is 0 Å². The van der Waals surface area contributed by atoms with Crippen LogP contribution >= 0.6 is 0 Å². The number of nitrogens with zero attached hydrogens (tertiary/aromatic N) is 2. The van der Waals surface area contributed by atoms with Crippen LogP contribution in [0.1, 0.15) is 44.1 Å². The van der Waals surface area contributed by atoms with Crippen LogP contribution in [0.2, 0.25) is 0 Å². The molecule has 1 atom stereocenters. The SMILES string of the molecule is O=C1CC[C@]2(CCCN(Cc3cccc(O)c3)C2)CN1C1CC1. The molecule has 1 spiro atoms. The molecule has 2 aliphatic heterocycles. The minimum atomic E-state index is 0.297. The zero-order chi connectivity index (χ0) is 15.9. The first kappa shape index (κ1) is 15.0. The molecule has 1 amide bonds. The Labute approximate surface area is 138 Å². The molecule has 4 heteroatoms. The standard InChI is InChI=1S/C19H26N2O2/c22-17-4-1-3-15(11-17)12-20-10-2-8-19(13-20)9-7-18(23)21(14-19)16-5-6-16/h1,3-4,11,16,22H,2,5-10,12-14H2/t19-/m0/s1. The first-order valence-corrected chi connectivity index (χ1v) is 8.93. The molecule has 3 fully saturated rings. The monoisotopic (exact) mass is 314 g/mol. The molecule has 0 unspecified atom stereocenters. The van der Waals surface area contributed by atoms with Crippen molar-refractivity contribution in [2.75, 3.05) is 19.6 Å². The Kier molecular flexibility index (Phi) is 3.80. The van der Waals surface area contributed by atoms with Crippen LogP contribution in [0.15, 0.2) is 24.3 Å². The number of hydrogen-bond acceptors (Lipinski definition) is 3. The van der Waals surface area contributed by atoms with Crippen molar-refractivity contribution in [3.63, 3.8) is 0 Å². The van der Waals surface area contributed by atoms with Gasteiger partial charge in [0, 0.05) is 37.5 Å². The minimum absolute atomic E-state index is 0.297. The van der Waals surface area contributed by atoms with Crippen LogP contribution in [-0.2, 0) is 11.3 Å². The Hall–Kier alpha value is -1.55. The molecule has 2 saturated heterocycles. The highest BCUT2D eigenvalue weighted by molar-refractivity contribution is 5.78. The Morgan fingerprint density at radius 3 is 2.87 bits per heavy atom. The van der Waals surface area contributed by atoms with Gasteiger partial charge in [-0.05, 0) is 56.3 Å². The lowest BCUT2D eigenvalue weighted by molar-refractivity contribution is -0.140. The predicted molar refractivity (Wildman–Crippen MR) is 89.0 cm³/mol. The summed E-state index contributed by atoms with van der Waals surface area (Å²) in [6.07, 6.45) is 6.65. The van der Waals surface area contributed by atoms with Gasteiger partial charge < -0.3 is 10.0 Å². The molecule has 0 aromatic heterocycles. The van der Waals surface area contributed by atoms with E-state index in [1.165, 1.54) is 31.2 Å². The van der Waals surface area contributed by atoms with E-state index in [1.807, 2.05) is 12.1 Å². The maximum Gasteiger partial charge on any atom is 0.222 e. The van der Waals surface area contributed by atoms with Crippen molar-refractivity contribution in [1.29, 1.82) is 0 Å². The van der Waals surface area contributed by atoms with E-state index in [9.17, 15) is 9.90 Å². The fourth-order valence-electron chi connectivity index (χ4n) is 4.45. The first-order chi connectivity index (χ1) is 11.1. The van der Waals surface area contributed by atoms with Crippen LogP contribution in [0.5, 0.6) is 5.75 Å². The number of aromatic hydroxyl groups is 1. The Morgan fingerprint density at radius 2 is 2.09 bits per heavy atom. The topological polar surface area (TPSA) is 43.8 Å². The van der Waals surface area contributed by atoms with E-state index in [2.05, 4.69) is 15.9 Å². The highest BCUT2D eigenvalue weighted by Crippen LogP contribution is 2.42. The van der Waals surface area contributed by atoms with E-state index in [-0.39, 0.29) is 0 Å². The maximum absolute atomic E-state index is 12.2. The summed E-state index contributed by atoms with van der Waals surface area (Å²) in [7, 11) is 0. The fraction of sp³-hybridized carbons (Fsp3) is 0.632. The van der Waals surface area contributed by atoms with Gasteiger partial charge in [0.15, 0.2) is 0 Å². The number of benzene rings is 1. The number of likely N-dealkylation sites (tertiary alicyclic amines) is 2. The van der Waals surface area contributed by atoms with E-state index in [0.29, 0.717) is 23.1 Å². The Bertz CT molecular complexity index is 599. The summed E-state index contributed by atoms with van der Waals surface area (Å²) in [4.78, 5) is 16.9. The third-order valence-corrected chi connectivity index (χ3v) is 5.74. The fourth-order valence-corrected chi connectivity index (χ4v) is 4.45. The van der Waals surface area contributed by atoms with Gasteiger partial charge in [0.1, 0.15) is 5.75 Å². The van der Waals surface area contributed by atoms with Gasteiger partial charge in [-0.3, -0.25) is 9.69 Å². The van der Waals surface area contributed by atoms with Gasteiger partial charge in [-0.15, -0.1) is 0 Å². The third-order valence-electron chi connectivity index (χ3n) is 5.74. The van der Waals surface area contributed by atoms with E-state index in [0.717, 1.165) is 39.0 Å². The van der Waals surface area contributed by atoms with Gasteiger partial charge >= 0.3 is 0 Å². The molecular formula is C19H26N2O2. The second kappa shape index (κ2) is 5.82. The molecule has 1 N–H and O–H groups in total. The summed E-state index contributed by atoms with van der Waals surface area (Å²) >= 11 is 0. The van der Waals surface area contributed by atoms with Crippen molar-refractivity contribution in [3.8, 4) is 5.75 Å². The quantitative estimate of drug-likeness (QED) is 0.933. The van der Waals surface area contributed by atoms with Crippen molar-refractivity contribution in [1.82, 2.24) is 9.80 Å². The third kappa shape index (κ3) is 3.23. The lowest BCUT2D eigenvalue weighted by atomic mass is 9.73. The van der Waals surface area contributed by atoms with Gasteiger partial charge in [-0.25, -0.2) is 0 Å². The molecule has 3 aliphatic rings. The highest BCUT2D eigenvalue weighted by atomic mass is 16.3. The van der Waals surface area contributed by atoms with Crippen LogP contribution in [0, 0.1) is 5.41 Å². The summed E-state index contributed by atoms with van der Waals surface area (Å²) < 4.78 is 0. The molecule has 1 aliphatic carbocycles. The number of rotatable bonds is 3. The van der Waals surface area contributed by atoms with E-state index in [1.54, 1.807) is 6.07 Å². The normalized spacial score (nSPS) is 29.2. The second-order valence-electron chi connectivity index (χ2n) is 7.74. The van der Waals surface area contributed by atoms with E-state index < -0.39 is 0 Å². The van der Waals surface area contributed by atoms with E-state index >= 15 is 0 Å². The molecule has 4 nitrogen and oxygen atoms in total. The minimum Gasteiger partial charge on any atom is -0.508 e. The molecule has 124 valence electrons. The number of hydrogen-bond donors (Lipinski definition) is 1. The van der Waals surface area contributed by atoms with Gasteiger partial charge in [0.05, 0.1) is 0 Å². The largest absolute Gasteiger partial charge is 0.508 e. The number of amides is 1. The molecular weight excluding hydrogens is 288 g/mol. The number of carbonyl (C=O) groups excluding carboxylic acids is 1. The Balaban J connectivity index is 1.45. The average molecular weight is 314 g/mol. The van der Waals surface area contributed by atoms with E-state index in [4.69, 9.17) is 0 Å².